The van der Waals surface area contributed by atoms with Crippen molar-refractivity contribution >= 4 is 6.21 Å². The molecule has 4 fully saturated rings. The fourth-order valence-electron chi connectivity index (χ4n) is 9.52. The van der Waals surface area contributed by atoms with E-state index >= 15 is 0 Å². The van der Waals surface area contributed by atoms with Gasteiger partial charge in [-0.05, 0) is 105 Å². The molecule has 1 heterocycles. The first-order chi connectivity index (χ1) is 13.9. The van der Waals surface area contributed by atoms with E-state index in [0.29, 0.717) is 16.9 Å². The Hall–Kier alpha value is -0.530. The van der Waals surface area contributed by atoms with Gasteiger partial charge >= 0.3 is 0 Å². The third kappa shape index (κ3) is 3.21. The smallest absolute Gasteiger partial charge is 0.128 e. The highest BCUT2D eigenvalue weighted by molar-refractivity contribution is 5.68. The Morgan fingerprint density at radius 2 is 1.79 bits per heavy atom. The summed E-state index contributed by atoms with van der Waals surface area (Å²) in [5.74, 6) is 6.47. The fraction of sp³-hybridized carbons (Fsp3) is 0.963. The lowest BCUT2D eigenvalue weighted by molar-refractivity contribution is -0.129. The quantitative estimate of drug-likeness (QED) is 0.470. The molecule has 1 aliphatic heterocycles. The van der Waals surface area contributed by atoms with Gasteiger partial charge in [0, 0.05) is 5.41 Å². The van der Waals surface area contributed by atoms with Crippen molar-refractivity contribution in [2.45, 2.75) is 111 Å². The van der Waals surface area contributed by atoms with Crippen LogP contribution in [0.4, 0.5) is 0 Å². The molecule has 0 radical (unpaired) electrons. The maximum Gasteiger partial charge on any atom is 0.128 e. The molecule has 0 N–H and O–H groups in total. The highest BCUT2D eigenvalue weighted by Crippen LogP contribution is 2.68. The largest absolute Gasteiger partial charge is 0.393 e. The molecule has 0 unspecified atom stereocenters. The molecule has 2 bridgehead atoms. The van der Waals surface area contributed by atoms with E-state index in [9.17, 15) is 0 Å². The SMILES string of the molecule is CC(C)CCC[C@H](C)[C@H]1CC[C@H]2[C@@H]3CC[C@H]4CC[C@@H]5C[C@]4(C=NO5)[C@H]3CC[C@]12C. The van der Waals surface area contributed by atoms with E-state index < -0.39 is 0 Å². The number of rotatable bonds is 5. The average molecular weight is 400 g/mol. The van der Waals surface area contributed by atoms with Crippen molar-refractivity contribution in [1.29, 1.82) is 0 Å². The Labute approximate surface area is 179 Å². The van der Waals surface area contributed by atoms with Crippen LogP contribution in [0.1, 0.15) is 105 Å². The zero-order chi connectivity index (χ0) is 20.2. The molecule has 0 aromatic carbocycles. The first-order valence-electron chi connectivity index (χ1n) is 13.1. The summed E-state index contributed by atoms with van der Waals surface area (Å²) in [6.45, 7) is 10.1. The Balaban J connectivity index is 1.33. The Kier molecular flexibility index (Phi) is 5.31. The van der Waals surface area contributed by atoms with Gasteiger partial charge in [-0.2, -0.15) is 0 Å². The number of hydrogen-bond donors (Lipinski definition) is 0. The van der Waals surface area contributed by atoms with Crippen molar-refractivity contribution in [3.63, 3.8) is 0 Å². The van der Waals surface area contributed by atoms with Gasteiger partial charge in [0.2, 0.25) is 0 Å². The van der Waals surface area contributed by atoms with Gasteiger partial charge in [0.1, 0.15) is 6.10 Å². The summed E-state index contributed by atoms with van der Waals surface area (Å²) in [5.41, 5.74) is 1.00. The number of oxime groups is 1. The van der Waals surface area contributed by atoms with Crippen molar-refractivity contribution in [1.82, 2.24) is 0 Å². The predicted octanol–water partition coefficient (Wildman–Crippen LogP) is 7.47. The minimum absolute atomic E-state index is 0.395. The number of fused-ring (bicyclic) bond motifs is 4. The van der Waals surface area contributed by atoms with Gasteiger partial charge in [0.25, 0.3) is 0 Å². The molecular weight excluding hydrogens is 354 g/mol. The van der Waals surface area contributed by atoms with Crippen molar-refractivity contribution in [3.05, 3.63) is 0 Å². The fourth-order valence-corrected chi connectivity index (χ4v) is 9.52. The first-order valence-corrected chi connectivity index (χ1v) is 13.1. The molecule has 5 aliphatic rings. The highest BCUT2D eigenvalue weighted by atomic mass is 16.6. The van der Waals surface area contributed by atoms with E-state index in [1.165, 1.54) is 77.0 Å². The molecule has 1 spiro atoms. The number of nitrogens with zero attached hydrogens (tertiary/aromatic N) is 1. The van der Waals surface area contributed by atoms with Gasteiger partial charge in [0.05, 0.1) is 6.21 Å². The van der Waals surface area contributed by atoms with Crippen LogP contribution in [-0.4, -0.2) is 12.3 Å². The van der Waals surface area contributed by atoms with Gasteiger partial charge < -0.3 is 4.84 Å². The number of hydrogen-bond acceptors (Lipinski definition) is 2. The molecule has 2 nitrogen and oxygen atoms in total. The molecule has 0 saturated heterocycles. The summed E-state index contributed by atoms with van der Waals surface area (Å²) in [7, 11) is 0. The third-order valence-corrected chi connectivity index (χ3v) is 10.9. The molecule has 0 amide bonds. The lowest BCUT2D eigenvalue weighted by atomic mass is 9.44. The summed E-state index contributed by atoms with van der Waals surface area (Å²) < 4.78 is 0. The van der Waals surface area contributed by atoms with Crippen LogP contribution < -0.4 is 0 Å². The summed E-state index contributed by atoms with van der Waals surface area (Å²) in [6.07, 6.45) is 19.9. The first kappa shape index (κ1) is 20.4. The van der Waals surface area contributed by atoms with Gasteiger partial charge in [-0.1, -0.05) is 52.1 Å². The van der Waals surface area contributed by atoms with Gasteiger partial charge in [-0.25, -0.2) is 0 Å². The zero-order valence-electron chi connectivity index (χ0n) is 19.5. The highest BCUT2D eigenvalue weighted by Gasteiger charge is 2.62. The molecule has 0 aromatic rings. The van der Waals surface area contributed by atoms with E-state index in [2.05, 4.69) is 39.1 Å². The maximum absolute atomic E-state index is 5.75. The summed E-state index contributed by atoms with van der Waals surface area (Å²) in [6, 6.07) is 0. The van der Waals surface area contributed by atoms with Gasteiger partial charge in [-0.15, -0.1) is 0 Å². The van der Waals surface area contributed by atoms with Crippen molar-refractivity contribution in [3.8, 4) is 0 Å². The van der Waals surface area contributed by atoms with Crippen molar-refractivity contribution in [2.24, 2.45) is 57.4 Å². The van der Waals surface area contributed by atoms with Crippen LogP contribution in [0.25, 0.3) is 0 Å². The molecule has 29 heavy (non-hydrogen) atoms. The standard InChI is InChI=1S/C27H45NO/c1-18(2)6-5-7-19(3)23-12-13-24-22-11-9-20-8-10-21-16-27(20,17-28-29-21)25(22)14-15-26(23,24)4/h17-25H,5-16H2,1-4H3/t19-,20+,21+,22-,23+,24-,25-,26+,27+/m0/s1. The normalized spacial score (nSPS) is 49.1. The van der Waals surface area contributed by atoms with Crippen molar-refractivity contribution in [2.75, 3.05) is 0 Å². The minimum atomic E-state index is 0.395. The van der Waals surface area contributed by atoms with Crippen LogP contribution >= 0.6 is 0 Å². The summed E-state index contributed by atoms with van der Waals surface area (Å²) >= 11 is 0. The maximum atomic E-state index is 5.75. The van der Waals surface area contributed by atoms with E-state index in [4.69, 9.17) is 4.84 Å². The van der Waals surface area contributed by atoms with E-state index in [1.54, 1.807) is 0 Å². The Morgan fingerprint density at radius 1 is 0.966 bits per heavy atom. The van der Waals surface area contributed by atoms with E-state index in [0.717, 1.165) is 41.4 Å². The van der Waals surface area contributed by atoms with Crippen LogP contribution in [0.5, 0.6) is 0 Å². The Morgan fingerprint density at radius 3 is 2.62 bits per heavy atom. The Bertz CT molecular complexity index is 628. The lowest BCUT2D eigenvalue weighted by Gasteiger charge is -2.61. The van der Waals surface area contributed by atoms with Crippen LogP contribution in [0.2, 0.25) is 0 Å². The monoisotopic (exact) mass is 399 g/mol. The summed E-state index contributed by atoms with van der Waals surface area (Å²) in [5, 5.41) is 4.50. The predicted molar refractivity (Wildman–Crippen MR) is 121 cm³/mol. The van der Waals surface area contributed by atoms with E-state index in [1.807, 2.05) is 0 Å². The molecule has 5 rings (SSSR count). The third-order valence-electron chi connectivity index (χ3n) is 10.9. The minimum Gasteiger partial charge on any atom is -0.393 e. The van der Waals surface area contributed by atoms with Crippen molar-refractivity contribution < 1.29 is 4.84 Å². The molecular formula is C27H45NO. The van der Waals surface area contributed by atoms with Gasteiger partial charge in [-0.3, -0.25) is 0 Å². The summed E-state index contributed by atoms with van der Waals surface area (Å²) in [4.78, 5) is 5.75. The molecule has 9 atom stereocenters. The second-order valence-electron chi connectivity index (χ2n) is 12.5. The molecule has 164 valence electrons. The topological polar surface area (TPSA) is 21.6 Å². The zero-order valence-corrected chi connectivity index (χ0v) is 19.5. The second-order valence-corrected chi connectivity index (χ2v) is 12.5. The van der Waals surface area contributed by atoms with Crippen LogP contribution in [0.15, 0.2) is 5.16 Å². The molecule has 4 aliphatic carbocycles. The second kappa shape index (κ2) is 7.56. The van der Waals surface area contributed by atoms with Gasteiger partial charge in [0.15, 0.2) is 0 Å². The molecule has 2 heteroatoms. The lowest BCUT2D eigenvalue weighted by Crippen LogP contribution is -2.57. The van der Waals surface area contributed by atoms with E-state index in [-0.39, 0.29) is 0 Å². The average Bonchev–Trinajstić information content (AvgIpc) is 3.04. The van der Waals surface area contributed by atoms with Crippen LogP contribution in [0, 0.1) is 52.3 Å². The molecule has 0 aromatic heterocycles. The van der Waals surface area contributed by atoms with Crippen LogP contribution in [0.3, 0.4) is 0 Å². The molecule has 4 saturated carbocycles. The van der Waals surface area contributed by atoms with Crippen LogP contribution in [-0.2, 0) is 4.84 Å².